The number of rotatable bonds is 5. The van der Waals surface area contributed by atoms with Crippen LogP contribution in [0.2, 0.25) is 0 Å². The zero-order chi connectivity index (χ0) is 20.3. The van der Waals surface area contributed by atoms with Gasteiger partial charge in [0.25, 0.3) is 0 Å². The predicted octanol–water partition coefficient (Wildman–Crippen LogP) is 5.33. The number of halogens is 3. The number of nitrogens with one attached hydrogen (secondary N) is 1. The first-order chi connectivity index (χ1) is 13.4. The van der Waals surface area contributed by atoms with Crippen molar-refractivity contribution in [3.63, 3.8) is 0 Å². The minimum Gasteiger partial charge on any atom is -0.324 e. The van der Waals surface area contributed by atoms with Crippen LogP contribution in [0.1, 0.15) is 13.3 Å². The smallest absolute Gasteiger partial charge is 0.242 e. The van der Waals surface area contributed by atoms with Gasteiger partial charge in [-0.15, -0.1) is 0 Å². The standard InChI is InChI=1S/C19H16Br2FN3O2S/c1-2-25-18(27)16(10-17(26)23-15-6-4-3-5-13(15)22)28-19(25)24-14-8-7-11(20)9-12(14)21/h3-9,16H,2,10H2,1H3,(H,23,26). The molecule has 0 radical (unpaired) electrons. The first-order valence-electron chi connectivity index (χ1n) is 8.45. The lowest BCUT2D eigenvalue weighted by Gasteiger charge is -2.13. The summed E-state index contributed by atoms with van der Waals surface area (Å²) >= 11 is 8.10. The number of amides is 2. The van der Waals surface area contributed by atoms with Crippen molar-refractivity contribution < 1.29 is 14.0 Å². The zero-order valence-electron chi connectivity index (χ0n) is 14.8. The minimum absolute atomic E-state index is 0.0607. The van der Waals surface area contributed by atoms with E-state index in [4.69, 9.17) is 0 Å². The van der Waals surface area contributed by atoms with Crippen LogP contribution in [-0.4, -0.2) is 33.7 Å². The molecule has 0 aliphatic carbocycles. The number of anilines is 1. The Kier molecular flexibility index (Phi) is 6.90. The van der Waals surface area contributed by atoms with Crippen molar-refractivity contribution in [3.05, 3.63) is 57.2 Å². The lowest BCUT2D eigenvalue weighted by atomic mass is 10.2. The zero-order valence-corrected chi connectivity index (χ0v) is 18.8. The Morgan fingerprint density at radius 3 is 2.71 bits per heavy atom. The van der Waals surface area contributed by atoms with Gasteiger partial charge in [-0.05, 0) is 53.2 Å². The second kappa shape index (κ2) is 9.19. The van der Waals surface area contributed by atoms with E-state index < -0.39 is 17.0 Å². The summed E-state index contributed by atoms with van der Waals surface area (Å²) in [5, 5.41) is 2.46. The van der Waals surface area contributed by atoms with Crippen LogP contribution >= 0.6 is 43.6 Å². The average Bonchev–Trinajstić information content (AvgIpc) is 2.94. The number of amidine groups is 1. The van der Waals surface area contributed by atoms with E-state index in [2.05, 4.69) is 42.2 Å². The van der Waals surface area contributed by atoms with E-state index in [1.807, 2.05) is 25.1 Å². The van der Waals surface area contributed by atoms with Gasteiger partial charge >= 0.3 is 0 Å². The molecule has 1 saturated heterocycles. The molecule has 0 spiro atoms. The maximum atomic E-state index is 13.7. The van der Waals surface area contributed by atoms with Gasteiger partial charge in [0.05, 0.1) is 11.4 Å². The second-order valence-electron chi connectivity index (χ2n) is 5.91. The Morgan fingerprint density at radius 1 is 1.29 bits per heavy atom. The lowest BCUT2D eigenvalue weighted by Crippen LogP contribution is -2.33. The molecule has 5 nitrogen and oxygen atoms in total. The summed E-state index contributed by atoms with van der Waals surface area (Å²) < 4.78 is 15.4. The molecule has 0 bridgehead atoms. The number of hydrogen-bond acceptors (Lipinski definition) is 4. The van der Waals surface area contributed by atoms with Gasteiger partial charge in [-0.2, -0.15) is 0 Å². The van der Waals surface area contributed by atoms with Crippen LogP contribution in [0, 0.1) is 5.82 Å². The predicted molar refractivity (Wildman–Crippen MR) is 117 cm³/mol. The van der Waals surface area contributed by atoms with E-state index in [0.29, 0.717) is 17.4 Å². The van der Waals surface area contributed by atoms with Gasteiger partial charge in [-0.1, -0.05) is 39.8 Å². The van der Waals surface area contributed by atoms with Gasteiger partial charge in [0.1, 0.15) is 11.1 Å². The maximum Gasteiger partial charge on any atom is 0.242 e. The summed E-state index contributed by atoms with van der Waals surface area (Å²) in [4.78, 5) is 31.1. The second-order valence-corrected chi connectivity index (χ2v) is 8.85. The number of nitrogens with zero attached hydrogens (tertiary/aromatic N) is 2. The van der Waals surface area contributed by atoms with E-state index in [9.17, 15) is 14.0 Å². The number of thioether (sulfide) groups is 1. The molecular formula is C19H16Br2FN3O2S. The summed E-state index contributed by atoms with van der Waals surface area (Å²) in [6, 6.07) is 11.5. The molecule has 2 aromatic carbocycles. The van der Waals surface area contributed by atoms with Gasteiger partial charge in [-0.3, -0.25) is 14.5 Å². The quantitative estimate of drug-likeness (QED) is 0.570. The number of carbonyl (C=O) groups excluding carboxylic acids is 2. The molecule has 1 heterocycles. The number of hydrogen-bond donors (Lipinski definition) is 1. The third-order valence-electron chi connectivity index (χ3n) is 3.98. The molecule has 1 aliphatic heterocycles. The molecule has 2 aromatic rings. The molecule has 2 amide bonds. The first-order valence-corrected chi connectivity index (χ1v) is 10.9. The molecule has 1 aliphatic rings. The van der Waals surface area contributed by atoms with Crippen molar-refractivity contribution in [2.45, 2.75) is 18.6 Å². The van der Waals surface area contributed by atoms with Crippen molar-refractivity contribution in [1.82, 2.24) is 4.90 Å². The topological polar surface area (TPSA) is 61.8 Å². The summed E-state index contributed by atoms with van der Waals surface area (Å²) in [5.41, 5.74) is 0.788. The largest absolute Gasteiger partial charge is 0.324 e. The fourth-order valence-electron chi connectivity index (χ4n) is 2.62. The average molecular weight is 529 g/mol. The molecule has 146 valence electrons. The Bertz CT molecular complexity index is 955. The highest BCUT2D eigenvalue weighted by molar-refractivity contribution is 9.11. The monoisotopic (exact) mass is 527 g/mol. The molecule has 28 heavy (non-hydrogen) atoms. The third-order valence-corrected chi connectivity index (χ3v) is 6.28. The SMILES string of the molecule is CCN1C(=O)C(CC(=O)Nc2ccccc2F)SC1=Nc1ccc(Br)cc1Br. The Hall–Kier alpha value is -1.71. The van der Waals surface area contributed by atoms with Gasteiger partial charge < -0.3 is 5.32 Å². The number of para-hydroxylation sites is 1. The van der Waals surface area contributed by atoms with Crippen molar-refractivity contribution in [3.8, 4) is 0 Å². The van der Waals surface area contributed by atoms with Crippen molar-refractivity contribution >= 4 is 72.0 Å². The number of carbonyl (C=O) groups is 2. The van der Waals surface area contributed by atoms with Gasteiger partial charge in [0.15, 0.2) is 5.17 Å². The minimum atomic E-state index is -0.598. The molecule has 0 aromatic heterocycles. The van der Waals surface area contributed by atoms with Crippen LogP contribution in [0.25, 0.3) is 0 Å². The lowest BCUT2D eigenvalue weighted by molar-refractivity contribution is -0.128. The Labute approximate surface area is 183 Å². The Balaban J connectivity index is 1.75. The third kappa shape index (κ3) is 4.82. The van der Waals surface area contributed by atoms with Gasteiger partial charge in [0, 0.05) is 21.9 Å². The van der Waals surface area contributed by atoms with Gasteiger partial charge in [-0.25, -0.2) is 9.38 Å². The highest BCUT2D eigenvalue weighted by Gasteiger charge is 2.38. The van der Waals surface area contributed by atoms with Crippen LogP contribution in [0.4, 0.5) is 15.8 Å². The van der Waals surface area contributed by atoms with Crippen LogP contribution in [0.15, 0.2) is 56.4 Å². The molecule has 1 fully saturated rings. The molecule has 3 rings (SSSR count). The molecular weight excluding hydrogens is 513 g/mol. The van der Waals surface area contributed by atoms with Crippen molar-refractivity contribution in [2.75, 3.05) is 11.9 Å². The fourth-order valence-corrected chi connectivity index (χ4v) is 4.97. The maximum absolute atomic E-state index is 13.7. The summed E-state index contributed by atoms with van der Waals surface area (Å²) in [6.45, 7) is 2.30. The number of benzene rings is 2. The van der Waals surface area contributed by atoms with Crippen LogP contribution in [0.3, 0.4) is 0 Å². The van der Waals surface area contributed by atoms with E-state index in [1.54, 1.807) is 17.0 Å². The molecule has 9 heteroatoms. The molecule has 1 unspecified atom stereocenters. The molecule has 1 atom stereocenters. The molecule has 1 N–H and O–H groups in total. The summed E-state index contributed by atoms with van der Waals surface area (Å²) in [5.74, 6) is -1.11. The number of aliphatic imine (C=N–C) groups is 1. The van der Waals surface area contributed by atoms with Crippen LogP contribution in [0.5, 0.6) is 0 Å². The van der Waals surface area contributed by atoms with Gasteiger partial charge in [0.2, 0.25) is 11.8 Å². The molecule has 0 saturated carbocycles. The van der Waals surface area contributed by atoms with E-state index in [0.717, 1.165) is 8.95 Å². The fraction of sp³-hybridized carbons (Fsp3) is 0.211. The summed E-state index contributed by atoms with van der Waals surface area (Å²) in [6.07, 6.45) is -0.0607. The van der Waals surface area contributed by atoms with E-state index in [1.165, 1.54) is 23.9 Å². The van der Waals surface area contributed by atoms with Crippen LogP contribution in [-0.2, 0) is 9.59 Å². The van der Waals surface area contributed by atoms with Crippen molar-refractivity contribution in [2.24, 2.45) is 4.99 Å². The van der Waals surface area contributed by atoms with Crippen LogP contribution < -0.4 is 5.32 Å². The first kappa shape index (κ1) is 21.0. The van der Waals surface area contributed by atoms with Crippen molar-refractivity contribution in [1.29, 1.82) is 0 Å². The normalized spacial score (nSPS) is 18.0. The highest BCUT2D eigenvalue weighted by Crippen LogP contribution is 2.35. The van der Waals surface area contributed by atoms with E-state index in [-0.39, 0.29) is 18.0 Å². The Morgan fingerprint density at radius 2 is 2.04 bits per heavy atom. The highest BCUT2D eigenvalue weighted by atomic mass is 79.9. The van der Waals surface area contributed by atoms with E-state index >= 15 is 0 Å². The summed E-state index contributed by atoms with van der Waals surface area (Å²) in [7, 11) is 0.